The maximum Gasteiger partial charge on any atom is 0.338 e. The van der Waals surface area contributed by atoms with Gasteiger partial charge in [-0.15, -0.1) is 0 Å². The van der Waals surface area contributed by atoms with Gasteiger partial charge in [0.15, 0.2) is 0 Å². The summed E-state index contributed by atoms with van der Waals surface area (Å²) in [6.07, 6.45) is 0. The normalized spacial score (nSPS) is 18.8. The van der Waals surface area contributed by atoms with Crippen LogP contribution in [0.2, 0.25) is 0 Å². The Morgan fingerprint density at radius 2 is 2.41 bits per heavy atom. The summed E-state index contributed by atoms with van der Waals surface area (Å²) in [7, 11) is 0. The van der Waals surface area contributed by atoms with E-state index in [-0.39, 0.29) is 12.0 Å². The average Bonchev–Trinajstić information content (AvgIpc) is 2.51. The molecule has 1 aliphatic rings. The van der Waals surface area contributed by atoms with E-state index in [1.807, 2.05) is 6.07 Å². The molecule has 1 aromatic carbocycles. The van der Waals surface area contributed by atoms with E-state index in [4.69, 9.17) is 9.47 Å². The maximum atomic E-state index is 11.6. The SMILES string of the molecule is CCOC(=O)c1ccc2c(c1)OCCN[C@@H]2C. The first kappa shape index (κ1) is 11.9. The van der Waals surface area contributed by atoms with Crippen molar-refractivity contribution in [2.75, 3.05) is 19.8 Å². The van der Waals surface area contributed by atoms with Crippen molar-refractivity contribution in [2.24, 2.45) is 0 Å². The van der Waals surface area contributed by atoms with E-state index in [1.54, 1.807) is 19.1 Å². The lowest BCUT2D eigenvalue weighted by Gasteiger charge is -2.13. The number of rotatable bonds is 2. The first-order valence-corrected chi connectivity index (χ1v) is 5.89. The number of ether oxygens (including phenoxy) is 2. The van der Waals surface area contributed by atoms with Crippen molar-refractivity contribution in [1.29, 1.82) is 0 Å². The highest BCUT2D eigenvalue weighted by Gasteiger charge is 2.17. The van der Waals surface area contributed by atoms with Gasteiger partial charge in [0.2, 0.25) is 0 Å². The lowest BCUT2D eigenvalue weighted by Crippen LogP contribution is -2.20. The van der Waals surface area contributed by atoms with Gasteiger partial charge in [-0.2, -0.15) is 0 Å². The molecule has 0 bridgehead atoms. The molecule has 92 valence electrons. The topological polar surface area (TPSA) is 47.6 Å². The molecule has 1 aliphatic heterocycles. The number of hydrogen-bond donors (Lipinski definition) is 1. The van der Waals surface area contributed by atoms with E-state index in [2.05, 4.69) is 12.2 Å². The van der Waals surface area contributed by atoms with Crippen LogP contribution in [0.25, 0.3) is 0 Å². The smallest absolute Gasteiger partial charge is 0.338 e. The maximum absolute atomic E-state index is 11.6. The first-order valence-electron chi connectivity index (χ1n) is 5.89. The first-order chi connectivity index (χ1) is 8.22. The van der Waals surface area contributed by atoms with Gasteiger partial charge in [0.05, 0.1) is 12.2 Å². The van der Waals surface area contributed by atoms with Crippen LogP contribution < -0.4 is 10.1 Å². The van der Waals surface area contributed by atoms with Crippen molar-refractivity contribution < 1.29 is 14.3 Å². The van der Waals surface area contributed by atoms with Gasteiger partial charge in [0, 0.05) is 18.2 Å². The molecule has 0 amide bonds. The summed E-state index contributed by atoms with van der Waals surface area (Å²) < 4.78 is 10.6. The molecule has 17 heavy (non-hydrogen) atoms. The number of nitrogens with one attached hydrogen (secondary N) is 1. The molecule has 2 rings (SSSR count). The second-order valence-electron chi connectivity index (χ2n) is 4.00. The summed E-state index contributed by atoms with van der Waals surface area (Å²) in [5.41, 5.74) is 1.62. The average molecular weight is 235 g/mol. The van der Waals surface area contributed by atoms with E-state index in [1.165, 1.54) is 0 Å². The summed E-state index contributed by atoms with van der Waals surface area (Å²) in [5.74, 6) is 0.469. The minimum absolute atomic E-state index is 0.240. The number of carbonyl (C=O) groups excluding carboxylic acids is 1. The molecule has 4 nitrogen and oxygen atoms in total. The molecule has 0 unspecified atom stereocenters. The Labute approximate surface area is 101 Å². The highest BCUT2D eigenvalue weighted by molar-refractivity contribution is 5.90. The summed E-state index contributed by atoms with van der Waals surface area (Å²) in [5, 5.41) is 3.33. The summed E-state index contributed by atoms with van der Waals surface area (Å²) in [4.78, 5) is 11.6. The summed E-state index contributed by atoms with van der Waals surface area (Å²) >= 11 is 0. The van der Waals surface area contributed by atoms with Gasteiger partial charge in [-0.1, -0.05) is 6.07 Å². The number of carbonyl (C=O) groups is 1. The second kappa shape index (κ2) is 5.19. The van der Waals surface area contributed by atoms with Crippen LogP contribution in [0.4, 0.5) is 0 Å². The van der Waals surface area contributed by atoms with Crippen LogP contribution in [0.5, 0.6) is 5.75 Å². The Bertz CT molecular complexity index is 417. The molecule has 1 atom stereocenters. The highest BCUT2D eigenvalue weighted by Crippen LogP contribution is 2.28. The Kier molecular flexibility index (Phi) is 3.64. The Balaban J connectivity index is 2.29. The Morgan fingerprint density at radius 1 is 1.59 bits per heavy atom. The predicted octanol–water partition coefficient (Wildman–Crippen LogP) is 1.91. The third-order valence-corrected chi connectivity index (χ3v) is 2.80. The quantitative estimate of drug-likeness (QED) is 0.795. The van der Waals surface area contributed by atoms with E-state index in [0.29, 0.717) is 18.8 Å². The molecular formula is C13H17NO3. The molecule has 0 aromatic heterocycles. The molecule has 1 heterocycles. The molecule has 0 saturated heterocycles. The number of benzene rings is 1. The van der Waals surface area contributed by atoms with Gasteiger partial charge >= 0.3 is 5.97 Å². The van der Waals surface area contributed by atoms with Crippen LogP contribution >= 0.6 is 0 Å². The van der Waals surface area contributed by atoms with Crippen LogP contribution in [0, 0.1) is 0 Å². The molecular weight excluding hydrogens is 218 g/mol. The second-order valence-corrected chi connectivity index (χ2v) is 4.00. The zero-order chi connectivity index (χ0) is 12.3. The van der Waals surface area contributed by atoms with Crippen LogP contribution in [0.3, 0.4) is 0 Å². The lowest BCUT2D eigenvalue weighted by molar-refractivity contribution is 0.0526. The molecule has 0 saturated carbocycles. The fraction of sp³-hybridized carbons (Fsp3) is 0.462. The van der Waals surface area contributed by atoms with Crippen molar-refractivity contribution in [3.8, 4) is 5.75 Å². The highest BCUT2D eigenvalue weighted by atomic mass is 16.5. The van der Waals surface area contributed by atoms with Gasteiger partial charge < -0.3 is 14.8 Å². The van der Waals surface area contributed by atoms with Crippen molar-refractivity contribution >= 4 is 5.97 Å². The fourth-order valence-electron chi connectivity index (χ4n) is 1.90. The Hall–Kier alpha value is -1.55. The Morgan fingerprint density at radius 3 is 3.18 bits per heavy atom. The zero-order valence-corrected chi connectivity index (χ0v) is 10.2. The predicted molar refractivity (Wildman–Crippen MR) is 64.3 cm³/mol. The van der Waals surface area contributed by atoms with E-state index < -0.39 is 0 Å². The third kappa shape index (κ3) is 2.58. The molecule has 1 N–H and O–H groups in total. The molecule has 0 fully saturated rings. The third-order valence-electron chi connectivity index (χ3n) is 2.80. The van der Waals surface area contributed by atoms with Crippen LogP contribution in [0.15, 0.2) is 18.2 Å². The van der Waals surface area contributed by atoms with Crippen molar-refractivity contribution in [2.45, 2.75) is 19.9 Å². The van der Waals surface area contributed by atoms with Crippen LogP contribution in [-0.4, -0.2) is 25.7 Å². The largest absolute Gasteiger partial charge is 0.492 e. The summed E-state index contributed by atoms with van der Waals surface area (Å²) in [6.45, 7) is 5.68. The van der Waals surface area contributed by atoms with Crippen molar-refractivity contribution in [3.63, 3.8) is 0 Å². The number of fused-ring (bicyclic) bond motifs is 1. The van der Waals surface area contributed by atoms with Gasteiger partial charge in [0.1, 0.15) is 12.4 Å². The lowest BCUT2D eigenvalue weighted by atomic mass is 10.0. The zero-order valence-electron chi connectivity index (χ0n) is 10.2. The monoisotopic (exact) mass is 235 g/mol. The van der Waals surface area contributed by atoms with Crippen LogP contribution in [-0.2, 0) is 4.74 Å². The fourth-order valence-corrected chi connectivity index (χ4v) is 1.90. The minimum atomic E-state index is -0.302. The molecule has 0 spiro atoms. The molecule has 0 radical (unpaired) electrons. The minimum Gasteiger partial charge on any atom is -0.492 e. The van der Waals surface area contributed by atoms with Gasteiger partial charge in [-0.25, -0.2) is 4.79 Å². The number of hydrogen-bond acceptors (Lipinski definition) is 4. The van der Waals surface area contributed by atoms with Crippen molar-refractivity contribution in [1.82, 2.24) is 5.32 Å². The summed E-state index contributed by atoms with van der Waals surface area (Å²) in [6, 6.07) is 5.70. The molecule has 0 aliphatic carbocycles. The van der Waals surface area contributed by atoms with E-state index in [0.717, 1.165) is 17.9 Å². The van der Waals surface area contributed by atoms with Gasteiger partial charge in [-0.3, -0.25) is 0 Å². The molecule has 4 heteroatoms. The van der Waals surface area contributed by atoms with E-state index >= 15 is 0 Å². The molecule has 1 aromatic rings. The van der Waals surface area contributed by atoms with Gasteiger partial charge in [-0.05, 0) is 26.0 Å². The van der Waals surface area contributed by atoms with E-state index in [9.17, 15) is 4.79 Å². The number of esters is 1. The van der Waals surface area contributed by atoms with Crippen molar-refractivity contribution in [3.05, 3.63) is 29.3 Å². The van der Waals surface area contributed by atoms with Gasteiger partial charge in [0.25, 0.3) is 0 Å². The van der Waals surface area contributed by atoms with Crippen LogP contribution in [0.1, 0.15) is 35.8 Å². The standard InChI is InChI=1S/C13H17NO3/c1-3-16-13(15)10-4-5-11-9(2)14-6-7-17-12(11)8-10/h4-5,8-9,14H,3,6-7H2,1-2H3/t9-/m1/s1.